The van der Waals surface area contributed by atoms with E-state index in [-0.39, 0.29) is 5.54 Å². The fourth-order valence-electron chi connectivity index (χ4n) is 3.93. The van der Waals surface area contributed by atoms with E-state index < -0.39 is 0 Å². The van der Waals surface area contributed by atoms with Crippen LogP contribution < -0.4 is 5.32 Å². The van der Waals surface area contributed by atoms with Crippen LogP contribution in [0.1, 0.15) is 78.6 Å². The van der Waals surface area contributed by atoms with Gasteiger partial charge in [-0.05, 0) is 69.3 Å². The van der Waals surface area contributed by atoms with Crippen LogP contribution in [-0.4, -0.2) is 17.0 Å². The van der Waals surface area contributed by atoms with Gasteiger partial charge in [0.05, 0.1) is 0 Å². The van der Waals surface area contributed by atoms with Crippen molar-refractivity contribution >= 4 is 0 Å². The second kappa shape index (κ2) is 6.68. The van der Waals surface area contributed by atoms with Gasteiger partial charge in [0.15, 0.2) is 0 Å². The lowest BCUT2D eigenvalue weighted by molar-refractivity contribution is 0.152. The number of rotatable bonds is 7. The molecule has 0 aromatic rings. The summed E-state index contributed by atoms with van der Waals surface area (Å²) in [5.41, 5.74) is 1.91. The van der Waals surface area contributed by atoms with Gasteiger partial charge in [-0.25, -0.2) is 0 Å². The van der Waals surface area contributed by atoms with Gasteiger partial charge in [-0.1, -0.05) is 32.8 Å². The van der Waals surface area contributed by atoms with Gasteiger partial charge in [-0.2, -0.15) is 0 Å². The van der Waals surface area contributed by atoms with E-state index in [4.69, 9.17) is 0 Å². The first-order valence-electron chi connectivity index (χ1n) is 9.58. The Morgan fingerprint density at radius 1 is 1.27 bits per heavy atom. The monoisotopic (exact) mass is 302 g/mol. The van der Waals surface area contributed by atoms with E-state index >= 15 is 0 Å². The highest BCUT2D eigenvalue weighted by atomic mass is 15.3. The summed E-state index contributed by atoms with van der Waals surface area (Å²) in [6.45, 7) is 8.20. The molecule has 1 heterocycles. The summed E-state index contributed by atoms with van der Waals surface area (Å²) >= 11 is 0. The van der Waals surface area contributed by atoms with Crippen molar-refractivity contribution in [2.75, 3.05) is 6.54 Å². The Morgan fingerprint density at radius 3 is 2.64 bits per heavy atom. The average molecular weight is 303 g/mol. The molecular formula is C20H34N2. The number of nitrogens with one attached hydrogen (secondary N) is 1. The maximum absolute atomic E-state index is 3.74. The molecule has 0 aromatic heterocycles. The molecule has 2 nitrogen and oxygen atoms in total. The Morgan fingerprint density at radius 2 is 2.05 bits per heavy atom. The molecule has 0 radical (unpaired) electrons. The Bertz CT molecular complexity index is 441. The quantitative estimate of drug-likeness (QED) is 0.696. The summed E-state index contributed by atoms with van der Waals surface area (Å²) in [5, 5.41) is 3.74. The normalized spacial score (nSPS) is 31.1. The van der Waals surface area contributed by atoms with Crippen LogP contribution in [-0.2, 0) is 0 Å². The molecule has 3 rings (SSSR count). The first kappa shape index (κ1) is 16.0. The Kier molecular flexibility index (Phi) is 4.84. The van der Waals surface area contributed by atoms with Gasteiger partial charge >= 0.3 is 0 Å². The number of hydrogen-bond acceptors (Lipinski definition) is 2. The molecule has 2 fully saturated rings. The summed E-state index contributed by atoms with van der Waals surface area (Å²) in [4.78, 5) is 2.61. The fourth-order valence-corrected chi connectivity index (χ4v) is 3.93. The predicted octanol–water partition coefficient (Wildman–Crippen LogP) is 5.19. The van der Waals surface area contributed by atoms with Crippen molar-refractivity contribution in [2.24, 2.45) is 11.8 Å². The first-order chi connectivity index (χ1) is 10.7. The van der Waals surface area contributed by atoms with Crippen LogP contribution >= 0.6 is 0 Å². The zero-order chi connectivity index (χ0) is 15.6. The lowest BCUT2D eigenvalue weighted by atomic mass is 9.82. The molecule has 0 bridgehead atoms. The van der Waals surface area contributed by atoms with Crippen molar-refractivity contribution in [1.82, 2.24) is 10.2 Å². The minimum absolute atomic E-state index is 0.276. The number of nitrogens with zero attached hydrogens (tertiary/aromatic N) is 1. The molecule has 2 atom stereocenters. The smallest absolute Gasteiger partial charge is 0.105 e. The van der Waals surface area contributed by atoms with E-state index in [0.29, 0.717) is 0 Å². The Labute approximate surface area is 137 Å². The zero-order valence-electron chi connectivity index (χ0n) is 14.8. The van der Waals surface area contributed by atoms with Gasteiger partial charge in [-0.3, -0.25) is 0 Å². The van der Waals surface area contributed by atoms with Gasteiger partial charge in [0.1, 0.15) is 5.82 Å². The minimum atomic E-state index is 0.276. The van der Waals surface area contributed by atoms with E-state index in [9.17, 15) is 0 Å². The highest BCUT2D eigenvalue weighted by molar-refractivity contribution is 5.27. The molecule has 3 aliphatic rings. The number of hydrogen-bond donors (Lipinski definition) is 1. The zero-order valence-corrected chi connectivity index (χ0v) is 14.8. The van der Waals surface area contributed by atoms with E-state index in [1.165, 1.54) is 63.6 Å². The highest BCUT2D eigenvalue weighted by Crippen LogP contribution is 2.44. The van der Waals surface area contributed by atoms with Gasteiger partial charge in [0.25, 0.3) is 0 Å². The average Bonchev–Trinajstić information content (AvgIpc) is 3.37. The summed E-state index contributed by atoms with van der Waals surface area (Å²) in [6.07, 6.45) is 16.9. The molecule has 2 saturated carbocycles. The fraction of sp³-hybridized carbons (Fsp3) is 0.800. The van der Waals surface area contributed by atoms with Crippen molar-refractivity contribution in [3.05, 3.63) is 23.7 Å². The van der Waals surface area contributed by atoms with E-state index in [1.807, 2.05) is 0 Å². The molecule has 124 valence electrons. The van der Waals surface area contributed by atoms with Crippen LogP contribution in [0.5, 0.6) is 0 Å². The standard InChI is InChI=1S/C20H34N2/c1-4-12-21-19(18-10-11-18)22-13-6-7-17(14-16-8-9-16)15-20(22,3)5-2/h6,13,16-17,21H,4-5,7-12,14-15H2,1-3H3. The molecule has 0 aromatic carbocycles. The topological polar surface area (TPSA) is 15.3 Å². The van der Waals surface area contributed by atoms with Crippen molar-refractivity contribution < 1.29 is 0 Å². The van der Waals surface area contributed by atoms with E-state index in [2.05, 4.69) is 43.3 Å². The Hall–Kier alpha value is -0.920. The van der Waals surface area contributed by atoms with Crippen molar-refractivity contribution in [2.45, 2.75) is 84.1 Å². The van der Waals surface area contributed by atoms with Crippen LogP contribution in [0.2, 0.25) is 0 Å². The Balaban J connectivity index is 1.77. The summed E-state index contributed by atoms with van der Waals surface area (Å²) < 4.78 is 0. The molecule has 0 spiro atoms. The van der Waals surface area contributed by atoms with Crippen LogP contribution in [0.25, 0.3) is 0 Å². The molecule has 22 heavy (non-hydrogen) atoms. The first-order valence-corrected chi connectivity index (χ1v) is 9.58. The highest BCUT2D eigenvalue weighted by Gasteiger charge is 2.38. The van der Waals surface area contributed by atoms with Gasteiger partial charge in [0.2, 0.25) is 0 Å². The van der Waals surface area contributed by atoms with Crippen molar-refractivity contribution in [3.8, 4) is 0 Å². The second-order valence-electron chi connectivity index (χ2n) is 7.97. The number of allylic oxidation sites excluding steroid dienone is 2. The summed E-state index contributed by atoms with van der Waals surface area (Å²) in [6, 6.07) is 0. The molecule has 1 N–H and O–H groups in total. The van der Waals surface area contributed by atoms with Crippen molar-refractivity contribution in [1.29, 1.82) is 0 Å². The van der Waals surface area contributed by atoms with E-state index in [1.54, 1.807) is 5.57 Å². The lowest BCUT2D eigenvalue weighted by Crippen LogP contribution is -2.46. The summed E-state index contributed by atoms with van der Waals surface area (Å²) in [5.74, 6) is 3.37. The SMILES string of the molecule is CCCNC(=C1CC1)N1C=CCC(CC2CC2)CC1(C)CC. The third-order valence-corrected chi connectivity index (χ3v) is 5.78. The molecular weight excluding hydrogens is 268 g/mol. The third-order valence-electron chi connectivity index (χ3n) is 5.78. The molecule has 2 unspecified atom stereocenters. The van der Waals surface area contributed by atoms with Crippen LogP contribution in [0.3, 0.4) is 0 Å². The molecule has 2 heteroatoms. The molecule has 0 amide bonds. The maximum Gasteiger partial charge on any atom is 0.105 e. The van der Waals surface area contributed by atoms with Gasteiger partial charge in [0, 0.05) is 18.3 Å². The predicted molar refractivity (Wildman–Crippen MR) is 94.3 cm³/mol. The van der Waals surface area contributed by atoms with Gasteiger partial charge < -0.3 is 10.2 Å². The maximum atomic E-state index is 3.74. The third kappa shape index (κ3) is 3.70. The molecule has 0 saturated heterocycles. The van der Waals surface area contributed by atoms with Crippen LogP contribution in [0, 0.1) is 11.8 Å². The molecule has 1 aliphatic heterocycles. The van der Waals surface area contributed by atoms with Crippen LogP contribution in [0.15, 0.2) is 23.7 Å². The summed E-state index contributed by atoms with van der Waals surface area (Å²) in [7, 11) is 0. The second-order valence-corrected chi connectivity index (χ2v) is 7.97. The minimum Gasteiger partial charge on any atom is -0.372 e. The largest absolute Gasteiger partial charge is 0.372 e. The van der Waals surface area contributed by atoms with E-state index in [0.717, 1.165) is 18.4 Å². The van der Waals surface area contributed by atoms with Crippen LogP contribution in [0.4, 0.5) is 0 Å². The lowest BCUT2D eigenvalue weighted by Gasteiger charge is -2.42. The molecule has 2 aliphatic carbocycles. The van der Waals surface area contributed by atoms with Gasteiger partial charge in [-0.15, -0.1) is 0 Å². The van der Waals surface area contributed by atoms with Crippen molar-refractivity contribution in [3.63, 3.8) is 0 Å².